The van der Waals surface area contributed by atoms with E-state index < -0.39 is 6.23 Å². The maximum Gasteiger partial charge on any atom is 0.261 e. The van der Waals surface area contributed by atoms with E-state index in [1.165, 1.54) is 24.8 Å². The Morgan fingerprint density at radius 1 is 1.16 bits per heavy atom. The van der Waals surface area contributed by atoms with Crippen molar-refractivity contribution in [2.45, 2.75) is 46.5 Å². The Morgan fingerprint density at radius 2 is 1.92 bits per heavy atom. The van der Waals surface area contributed by atoms with E-state index in [4.69, 9.17) is 4.98 Å². The Labute approximate surface area is 216 Å². The van der Waals surface area contributed by atoms with Gasteiger partial charge < -0.3 is 15.7 Å². The van der Waals surface area contributed by atoms with Gasteiger partial charge >= 0.3 is 0 Å². The third-order valence-electron chi connectivity index (χ3n) is 6.32. The van der Waals surface area contributed by atoms with Crippen molar-refractivity contribution in [3.05, 3.63) is 85.0 Å². The Kier molecular flexibility index (Phi) is 7.66. The van der Waals surface area contributed by atoms with E-state index in [0.29, 0.717) is 29.8 Å². The summed E-state index contributed by atoms with van der Waals surface area (Å²) in [6.45, 7) is 13.1. The van der Waals surface area contributed by atoms with Crippen molar-refractivity contribution < 1.29 is 9.90 Å². The summed E-state index contributed by atoms with van der Waals surface area (Å²) in [4.78, 5) is 25.6. The predicted octanol–water partition coefficient (Wildman–Crippen LogP) is 4.51. The van der Waals surface area contributed by atoms with Crippen molar-refractivity contribution >= 4 is 28.6 Å². The summed E-state index contributed by atoms with van der Waals surface area (Å²) in [5, 5.41) is 19.4. The predicted molar refractivity (Wildman–Crippen MR) is 147 cm³/mol. The maximum absolute atomic E-state index is 13.0. The quantitative estimate of drug-likeness (QED) is 0.198. The number of nitrogens with zero attached hydrogens (tertiary/aromatic N) is 4. The molecular weight excluding hydrogens is 466 g/mol. The first-order chi connectivity index (χ1) is 17.7. The molecule has 4 N–H and O–H groups in total. The van der Waals surface area contributed by atoms with Crippen molar-refractivity contribution in [3.63, 3.8) is 0 Å². The average Bonchev–Trinajstić information content (AvgIpc) is 3.24. The van der Waals surface area contributed by atoms with E-state index in [2.05, 4.69) is 66.3 Å². The van der Waals surface area contributed by atoms with Crippen LogP contribution < -0.4 is 16.0 Å². The summed E-state index contributed by atoms with van der Waals surface area (Å²) in [7, 11) is 0. The van der Waals surface area contributed by atoms with Crippen LogP contribution in [-0.2, 0) is 6.54 Å². The molecule has 4 aromatic rings. The number of rotatable bonds is 9. The molecule has 9 nitrogen and oxygen atoms in total. The van der Waals surface area contributed by atoms with Crippen LogP contribution in [0.15, 0.2) is 73.8 Å². The van der Waals surface area contributed by atoms with Crippen molar-refractivity contribution in [1.82, 2.24) is 24.8 Å². The molecule has 0 aliphatic rings. The molecule has 0 saturated heterocycles. The van der Waals surface area contributed by atoms with E-state index in [-0.39, 0.29) is 11.3 Å². The molecule has 0 radical (unpaired) electrons. The highest BCUT2D eigenvalue weighted by molar-refractivity contribution is 6.04. The number of aromatic nitrogens is 4. The summed E-state index contributed by atoms with van der Waals surface area (Å²) in [6.07, 6.45) is 4.80. The molecule has 1 unspecified atom stereocenters. The number of fused-ring (bicyclic) bond motifs is 1. The van der Waals surface area contributed by atoms with E-state index in [9.17, 15) is 9.90 Å². The maximum atomic E-state index is 13.0. The summed E-state index contributed by atoms with van der Waals surface area (Å²) >= 11 is 0. The highest BCUT2D eigenvalue weighted by Crippen LogP contribution is 2.28. The summed E-state index contributed by atoms with van der Waals surface area (Å²) < 4.78 is 1.87. The number of aliphatic hydroxyl groups excluding tert-OH is 1. The SMILES string of the molecule is C=CC(O)Nc1cccc(-n2c(NC(=O)c3cncnc3)nc3cc(CN[C@@H](C)C(C)(C)C)ccc32)c1. The Morgan fingerprint density at radius 3 is 2.62 bits per heavy atom. The van der Waals surface area contributed by atoms with Crippen LogP contribution >= 0.6 is 0 Å². The fraction of sp³-hybridized carbons (Fsp3) is 0.286. The van der Waals surface area contributed by atoms with Crippen LogP contribution in [0.1, 0.15) is 43.6 Å². The zero-order valence-electron chi connectivity index (χ0n) is 21.6. The van der Waals surface area contributed by atoms with Gasteiger partial charge in [0.25, 0.3) is 5.91 Å². The van der Waals surface area contributed by atoms with Crippen molar-refractivity contribution in [2.75, 3.05) is 10.6 Å². The minimum absolute atomic E-state index is 0.141. The van der Waals surface area contributed by atoms with Gasteiger partial charge in [0.2, 0.25) is 5.95 Å². The number of carbonyl (C=O) groups is 1. The third kappa shape index (κ3) is 6.19. The van der Waals surface area contributed by atoms with Gasteiger partial charge in [-0.1, -0.05) is 39.5 Å². The fourth-order valence-electron chi connectivity index (χ4n) is 3.71. The van der Waals surface area contributed by atoms with Crippen LogP contribution in [0.25, 0.3) is 16.7 Å². The molecule has 0 fully saturated rings. The smallest absolute Gasteiger partial charge is 0.261 e. The molecule has 0 aliphatic carbocycles. The number of benzene rings is 2. The number of imidazole rings is 1. The van der Waals surface area contributed by atoms with Gasteiger partial charge in [-0.05, 0) is 54.3 Å². The number of amides is 1. The molecule has 2 aromatic carbocycles. The van der Waals surface area contributed by atoms with Crippen LogP contribution in [0.5, 0.6) is 0 Å². The molecule has 37 heavy (non-hydrogen) atoms. The lowest BCUT2D eigenvalue weighted by Crippen LogP contribution is -2.37. The summed E-state index contributed by atoms with van der Waals surface area (Å²) in [5.41, 5.74) is 4.58. The first-order valence-electron chi connectivity index (χ1n) is 12.1. The van der Waals surface area contributed by atoms with Crippen LogP contribution in [0, 0.1) is 5.41 Å². The lowest BCUT2D eigenvalue weighted by atomic mass is 9.88. The molecule has 2 atom stereocenters. The highest BCUT2D eigenvalue weighted by atomic mass is 16.3. The first-order valence-corrected chi connectivity index (χ1v) is 12.1. The molecule has 0 spiro atoms. The van der Waals surface area contributed by atoms with Gasteiger partial charge in [0.1, 0.15) is 12.6 Å². The van der Waals surface area contributed by atoms with Crippen LogP contribution in [-0.4, -0.2) is 42.8 Å². The average molecular weight is 500 g/mol. The van der Waals surface area contributed by atoms with Gasteiger partial charge in [-0.2, -0.15) is 0 Å². The number of hydrogen-bond acceptors (Lipinski definition) is 7. The molecule has 192 valence electrons. The Bertz CT molecular complexity index is 1390. The summed E-state index contributed by atoms with van der Waals surface area (Å²) in [5.74, 6) is -0.00662. The zero-order chi connectivity index (χ0) is 26.6. The minimum Gasteiger partial charge on any atom is -0.370 e. The van der Waals surface area contributed by atoms with E-state index in [1.807, 2.05) is 41.0 Å². The number of aliphatic hydroxyl groups is 1. The van der Waals surface area contributed by atoms with Crippen molar-refractivity contribution in [3.8, 4) is 5.69 Å². The van der Waals surface area contributed by atoms with Gasteiger partial charge in [-0.3, -0.25) is 14.7 Å². The second-order valence-corrected chi connectivity index (χ2v) is 10.0. The first kappa shape index (κ1) is 26.0. The molecule has 4 rings (SSSR count). The molecule has 2 aromatic heterocycles. The molecule has 2 heterocycles. The van der Waals surface area contributed by atoms with Gasteiger partial charge in [0.05, 0.1) is 22.3 Å². The minimum atomic E-state index is -0.891. The topological polar surface area (TPSA) is 117 Å². The molecular formula is C28H33N7O2. The molecule has 0 saturated carbocycles. The van der Waals surface area contributed by atoms with Crippen LogP contribution in [0.2, 0.25) is 0 Å². The zero-order valence-corrected chi connectivity index (χ0v) is 21.6. The van der Waals surface area contributed by atoms with E-state index in [1.54, 1.807) is 0 Å². The van der Waals surface area contributed by atoms with Gasteiger partial charge in [0, 0.05) is 30.7 Å². The largest absolute Gasteiger partial charge is 0.370 e. The fourth-order valence-corrected chi connectivity index (χ4v) is 3.71. The molecule has 1 amide bonds. The van der Waals surface area contributed by atoms with Crippen molar-refractivity contribution in [1.29, 1.82) is 0 Å². The molecule has 0 aliphatic heterocycles. The molecule has 0 bridgehead atoms. The summed E-state index contributed by atoms with van der Waals surface area (Å²) in [6, 6.07) is 13.9. The van der Waals surface area contributed by atoms with Crippen LogP contribution in [0.3, 0.4) is 0 Å². The standard InChI is InChI=1S/C28H33N7O2/c1-6-25(36)32-21-8-7-9-22(13-21)35-24-11-10-19(14-31-18(2)28(3,4)5)12-23(24)33-27(35)34-26(37)20-15-29-17-30-16-20/h6-13,15-18,25,31-32,36H,1,14H2,2-5H3,(H,33,34,37)/t18-,25?/m0/s1. The number of carbonyl (C=O) groups excluding carboxylic acids is 1. The van der Waals surface area contributed by atoms with Gasteiger partial charge in [-0.15, -0.1) is 0 Å². The van der Waals surface area contributed by atoms with Gasteiger partial charge in [0.15, 0.2) is 0 Å². The lowest BCUT2D eigenvalue weighted by Gasteiger charge is -2.28. The second-order valence-electron chi connectivity index (χ2n) is 10.0. The van der Waals surface area contributed by atoms with E-state index in [0.717, 1.165) is 22.3 Å². The monoisotopic (exact) mass is 499 g/mol. The van der Waals surface area contributed by atoms with E-state index >= 15 is 0 Å². The normalized spacial score (nSPS) is 13.2. The Balaban J connectivity index is 1.73. The highest BCUT2D eigenvalue weighted by Gasteiger charge is 2.20. The van der Waals surface area contributed by atoms with Crippen LogP contribution in [0.4, 0.5) is 11.6 Å². The number of anilines is 2. The third-order valence-corrected chi connectivity index (χ3v) is 6.32. The molecule has 9 heteroatoms. The second kappa shape index (κ2) is 10.9. The number of hydrogen-bond donors (Lipinski definition) is 4. The number of nitrogens with one attached hydrogen (secondary N) is 3. The lowest BCUT2D eigenvalue weighted by molar-refractivity contribution is 0.102. The van der Waals surface area contributed by atoms with Crippen molar-refractivity contribution in [2.24, 2.45) is 5.41 Å². The Hall–Kier alpha value is -4.08. The van der Waals surface area contributed by atoms with Gasteiger partial charge in [-0.25, -0.2) is 15.0 Å².